The lowest BCUT2D eigenvalue weighted by Gasteiger charge is -2.14. The number of nitrogens with two attached hydrogens (primary N) is 1. The van der Waals surface area contributed by atoms with Gasteiger partial charge < -0.3 is 15.2 Å². The van der Waals surface area contributed by atoms with E-state index in [-0.39, 0.29) is 6.04 Å². The van der Waals surface area contributed by atoms with Crippen molar-refractivity contribution >= 4 is 0 Å². The molecule has 1 aliphatic heterocycles. The molecule has 1 heterocycles. The Morgan fingerprint density at radius 3 is 2.94 bits per heavy atom. The molecular formula is C14H21NO2. The largest absolute Gasteiger partial charge is 0.493 e. The first-order chi connectivity index (χ1) is 8.16. The molecule has 1 fully saturated rings. The number of rotatable bonds is 4. The summed E-state index contributed by atoms with van der Waals surface area (Å²) >= 11 is 0. The predicted octanol–water partition coefficient (Wildman–Crippen LogP) is 2.43. The van der Waals surface area contributed by atoms with Crippen LogP contribution in [0.5, 0.6) is 5.75 Å². The van der Waals surface area contributed by atoms with Gasteiger partial charge >= 0.3 is 0 Å². The smallest absolute Gasteiger partial charge is 0.122 e. The van der Waals surface area contributed by atoms with Crippen LogP contribution in [0.3, 0.4) is 0 Å². The third-order valence-corrected chi connectivity index (χ3v) is 3.22. The zero-order valence-electron chi connectivity index (χ0n) is 10.6. The van der Waals surface area contributed by atoms with E-state index in [9.17, 15) is 0 Å². The van der Waals surface area contributed by atoms with E-state index >= 15 is 0 Å². The van der Waals surface area contributed by atoms with E-state index in [1.165, 1.54) is 0 Å². The van der Waals surface area contributed by atoms with Crippen molar-refractivity contribution in [1.29, 1.82) is 0 Å². The molecule has 0 spiro atoms. The van der Waals surface area contributed by atoms with Gasteiger partial charge in [-0.05, 0) is 37.5 Å². The van der Waals surface area contributed by atoms with Gasteiger partial charge in [-0.2, -0.15) is 0 Å². The second-order valence-electron chi connectivity index (χ2n) is 4.85. The Morgan fingerprint density at radius 2 is 2.35 bits per heavy atom. The van der Waals surface area contributed by atoms with Crippen molar-refractivity contribution in [1.82, 2.24) is 0 Å². The molecule has 0 bridgehead atoms. The zero-order chi connectivity index (χ0) is 12.3. The summed E-state index contributed by atoms with van der Waals surface area (Å²) in [5.41, 5.74) is 8.15. The summed E-state index contributed by atoms with van der Waals surface area (Å²) in [4.78, 5) is 0. The Kier molecular flexibility index (Phi) is 4.02. The highest BCUT2D eigenvalue weighted by atomic mass is 16.5. The molecule has 3 heteroatoms. The summed E-state index contributed by atoms with van der Waals surface area (Å²) in [6, 6.07) is 6.23. The molecular weight excluding hydrogens is 214 g/mol. The Labute approximate surface area is 103 Å². The molecule has 17 heavy (non-hydrogen) atoms. The van der Waals surface area contributed by atoms with E-state index in [0.29, 0.717) is 5.92 Å². The van der Waals surface area contributed by atoms with E-state index in [4.69, 9.17) is 15.2 Å². The van der Waals surface area contributed by atoms with E-state index in [0.717, 1.165) is 43.1 Å². The molecule has 1 saturated heterocycles. The standard InChI is InChI=1S/C14H21NO2/c1-10-7-13(11(2)15)3-4-14(10)17-9-12-5-6-16-8-12/h3-4,7,11-12H,5-6,8-9,15H2,1-2H3. The Balaban J connectivity index is 1.96. The van der Waals surface area contributed by atoms with Crippen LogP contribution < -0.4 is 10.5 Å². The van der Waals surface area contributed by atoms with Crippen LogP contribution in [0.25, 0.3) is 0 Å². The van der Waals surface area contributed by atoms with Crippen molar-refractivity contribution < 1.29 is 9.47 Å². The molecule has 0 aromatic heterocycles. The molecule has 94 valence electrons. The third kappa shape index (κ3) is 3.20. The molecule has 2 N–H and O–H groups in total. The van der Waals surface area contributed by atoms with Crippen molar-refractivity contribution in [3.05, 3.63) is 29.3 Å². The molecule has 1 aliphatic rings. The van der Waals surface area contributed by atoms with Crippen molar-refractivity contribution in [2.24, 2.45) is 11.7 Å². The maximum absolute atomic E-state index is 5.85. The summed E-state index contributed by atoms with van der Waals surface area (Å²) in [5, 5.41) is 0. The van der Waals surface area contributed by atoms with Crippen LogP contribution >= 0.6 is 0 Å². The van der Waals surface area contributed by atoms with Crippen molar-refractivity contribution in [3.63, 3.8) is 0 Å². The maximum Gasteiger partial charge on any atom is 0.122 e. The van der Waals surface area contributed by atoms with Gasteiger partial charge in [0.1, 0.15) is 5.75 Å². The first-order valence-corrected chi connectivity index (χ1v) is 6.23. The van der Waals surface area contributed by atoms with Crippen LogP contribution in [0.1, 0.15) is 30.5 Å². The molecule has 0 radical (unpaired) electrons. The van der Waals surface area contributed by atoms with Crippen LogP contribution in [0, 0.1) is 12.8 Å². The summed E-state index contributed by atoms with van der Waals surface area (Å²) in [7, 11) is 0. The number of hydrogen-bond donors (Lipinski definition) is 1. The molecule has 0 saturated carbocycles. The first kappa shape index (κ1) is 12.4. The third-order valence-electron chi connectivity index (χ3n) is 3.22. The minimum absolute atomic E-state index is 0.0750. The normalized spacial score (nSPS) is 21.5. The summed E-state index contributed by atoms with van der Waals surface area (Å²) in [6.45, 7) is 6.50. The second kappa shape index (κ2) is 5.52. The van der Waals surface area contributed by atoms with E-state index in [2.05, 4.69) is 13.0 Å². The van der Waals surface area contributed by atoms with Crippen LogP contribution in [-0.4, -0.2) is 19.8 Å². The van der Waals surface area contributed by atoms with Gasteiger partial charge in [-0.1, -0.05) is 12.1 Å². The minimum Gasteiger partial charge on any atom is -0.493 e. The molecule has 2 unspecified atom stereocenters. The van der Waals surface area contributed by atoms with Gasteiger partial charge in [0, 0.05) is 18.6 Å². The monoisotopic (exact) mass is 235 g/mol. The van der Waals surface area contributed by atoms with Gasteiger partial charge in [-0.15, -0.1) is 0 Å². The molecule has 1 aromatic carbocycles. The van der Waals surface area contributed by atoms with Crippen molar-refractivity contribution in [3.8, 4) is 5.75 Å². The minimum atomic E-state index is 0.0750. The van der Waals surface area contributed by atoms with Gasteiger partial charge in [0.25, 0.3) is 0 Å². The molecule has 0 amide bonds. The van der Waals surface area contributed by atoms with Crippen LogP contribution in [-0.2, 0) is 4.74 Å². The fourth-order valence-corrected chi connectivity index (χ4v) is 2.04. The van der Waals surface area contributed by atoms with Crippen LogP contribution in [0.2, 0.25) is 0 Å². The van der Waals surface area contributed by atoms with Crippen LogP contribution in [0.15, 0.2) is 18.2 Å². The lowest BCUT2D eigenvalue weighted by molar-refractivity contribution is 0.167. The zero-order valence-corrected chi connectivity index (χ0v) is 10.6. The first-order valence-electron chi connectivity index (χ1n) is 6.23. The lowest BCUT2D eigenvalue weighted by Crippen LogP contribution is -2.12. The SMILES string of the molecule is Cc1cc(C(C)N)ccc1OCC1CCOC1. The Bertz CT molecular complexity index is 370. The van der Waals surface area contributed by atoms with Gasteiger partial charge in [0.2, 0.25) is 0 Å². The Hall–Kier alpha value is -1.06. The van der Waals surface area contributed by atoms with Gasteiger partial charge in [-0.3, -0.25) is 0 Å². The van der Waals surface area contributed by atoms with Crippen LogP contribution in [0.4, 0.5) is 0 Å². The number of aryl methyl sites for hydroxylation is 1. The average Bonchev–Trinajstić information content (AvgIpc) is 2.80. The Morgan fingerprint density at radius 1 is 1.53 bits per heavy atom. The topological polar surface area (TPSA) is 44.5 Å². The van der Waals surface area contributed by atoms with Gasteiger partial charge in [0.15, 0.2) is 0 Å². The summed E-state index contributed by atoms with van der Waals surface area (Å²) in [6.07, 6.45) is 1.11. The van der Waals surface area contributed by atoms with Crippen molar-refractivity contribution in [2.45, 2.75) is 26.3 Å². The second-order valence-corrected chi connectivity index (χ2v) is 4.85. The molecule has 3 nitrogen and oxygen atoms in total. The maximum atomic E-state index is 5.85. The summed E-state index contributed by atoms with van der Waals surface area (Å²) < 4.78 is 11.2. The molecule has 0 aliphatic carbocycles. The molecule has 2 atom stereocenters. The summed E-state index contributed by atoms with van der Waals surface area (Å²) in [5.74, 6) is 1.50. The predicted molar refractivity (Wildman–Crippen MR) is 68.2 cm³/mol. The van der Waals surface area contributed by atoms with Crippen molar-refractivity contribution in [2.75, 3.05) is 19.8 Å². The quantitative estimate of drug-likeness (QED) is 0.871. The van der Waals surface area contributed by atoms with E-state index in [1.807, 2.05) is 19.1 Å². The number of benzene rings is 1. The number of hydrogen-bond acceptors (Lipinski definition) is 3. The average molecular weight is 235 g/mol. The number of ether oxygens (including phenoxy) is 2. The van der Waals surface area contributed by atoms with E-state index in [1.54, 1.807) is 0 Å². The molecule has 1 aromatic rings. The highest BCUT2D eigenvalue weighted by molar-refractivity contribution is 5.37. The van der Waals surface area contributed by atoms with Gasteiger partial charge in [0.05, 0.1) is 13.2 Å². The molecule has 2 rings (SSSR count). The highest BCUT2D eigenvalue weighted by Gasteiger charge is 2.16. The highest BCUT2D eigenvalue weighted by Crippen LogP contribution is 2.23. The fourth-order valence-electron chi connectivity index (χ4n) is 2.04. The van der Waals surface area contributed by atoms with E-state index < -0.39 is 0 Å². The lowest BCUT2D eigenvalue weighted by atomic mass is 10.1. The van der Waals surface area contributed by atoms with Gasteiger partial charge in [-0.25, -0.2) is 0 Å². The fraction of sp³-hybridized carbons (Fsp3) is 0.571.